The molecule has 1 N–H and O–H groups in total. The average molecular weight is 336 g/mol. The molecule has 1 fully saturated rings. The van der Waals surface area contributed by atoms with Crippen LogP contribution in [0.25, 0.3) is 0 Å². The smallest absolute Gasteiger partial charge is 0.322 e. The van der Waals surface area contributed by atoms with Crippen LogP contribution in [-0.4, -0.2) is 43.0 Å². The Balaban J connectivity index is 1.80. The third kappa shape index (κ3) is 4.54. The van der Waals surface area contributed by atoms with E-state index in [9.17, 15) is 14.0 Å². The Morgan fingerprint density at radius 1 is 1.38 bits per heavy atom. The van der Waals surface area contributed by atoms with Crippen molar-refractivity contribution in [1.82, 2.24) is 10.2 Å². The Kier molecular flexibility index (Phi) is 6.31. The zero-order valence-corrected chi connectivity index (χ0v) is 14.5. The maximum Gasteiger partial charge on any atom is 0.322 e. The van der Waals surface area contributed by atoms with Crippen LogP contribution in [0.3, 0.4) is 0 Å². The molecule has 1 aromatic rings. The quantitative estimate of drug-likeness (QED) is 0.836. The second-order valence-corrected chi connectivity index (χ2v) is 6.31. The van der Waals surface area contributed by atoms with E-state index in [0.717, 1.165) is 5.56 Å². The first-order chi connectivity index (χ1) is 11.4. The number of nitrogens with one attached hydrogen (secondary N) is 1. The number of methoxy groups -OCH3 is 1. The van der Waals surface area contributed by atoms with E-state index in [1.165, 1.54) is 13.2 Å². The number of ether oxygens (including phenoxy) is 1. The maximum absolute atomic E-state index is 13.5. The fourth-order valence-electron chi connectivity index (χ4n) is 2.95. The van der Waals surface area contributed by atoms with Gasteiger partial charge < -0.3 is 10.1 Å². The van der Waals surface area contributed by atoms with Crippen LogP contribution in [-0.2, 0) is 20.9 Å². The van der Waals surface area contributed by atoms with Crippen molar-refractivity contribution in [2.45, 2.75) is 39.3 Å². The fourth-order valence-corrected chi connectivity index (χ4v) is 2.95. The second kappa shape index (κ2) is 8.24. The van der Waals surface area contributed by atoms with E-state index in [1.54, 1.807) is 13.0 Å². The minimum absolute atomic E-state index is 0.0126. The summed E-state index contributed by atoms with van der Waals surface area (Å²) in [4.78, 5) is 25.9. The maximum atomic E-state index is 13.5. The first-order valence-electron chi connectivity index (χ1n) is 8.27. The Morgan fingerprint density at radius 2 is 2.04 bits per heavy atom. The molecule has 6 heteroatoms. The van der Waals surface area contributed by atoms with Gasteiger partial charge in [0.05, 0.1) is 7.11 Å². The van der Waals surface area contributed by atoms with Crippen LogP contribution in [0.15, 0.2) is 18.2 Å². The molecule has 132 valence electrons. The van der Waals surface area contributed by atoms with E-state index >= 15 is 0 Å². The van der Waals surface area contributed by atoms with Gasteiger partial charge in [-0.05, 0) is 57.0 Å². The number of carbonyl (C=O) groups is 2. The SMILES string of the molecule is COC(=O)[C@@H](C)N1CCC(C(=O)NCc2ccc(C)c(F)c2)CC1. The molecule has 0 bridgehead atoms. The van der Waals surface area contributed by atoms with Gasteiger partial charge in [-0.3, -0.25) is 14.5 Å². The van der Waals surface area contributed by atoms with Gasteiger partial charge >= 0.3 is 5.97 Å². The minimum atomic E-state index is -0.283. The number of halogens is 1. The third-order valence-electron chi connectivity index (χ3n) is 4.69. The van der Waals surface area contributed by atoms with Crippen molar-refractivity contribution in [1.29, 1.82) is 0 Å². The number of hydrogen-bond acceptors (Lipinski definition) is 4. The van der Waals surface area contributed by atoms with Gasteiger partial charge in [0.2, 0.25) is 5.91 Å². The largest absolute Gasteiger partial charge is 0.468 e. The molecule has 2 rings (SSSR count). The number of likely N-dealkylation sites (tertiary alicyclic amines) is 1. The Hall–Kier alpha value is -1.95. The zero-order valence-electron chi connectivity index (χ0n) is 14.5. The second-order valence-electron chi connectivity index (χ2n) is 6.31. The van der Waals surface area contributed by atoms with Gasteiger partial charge in [-0.15, -0.1) is 0 Å². The van der Waals surface area contributed by atoms with Crippen molar-refractivity contribution in [3.8, 4) is 0 Å². The molecular formula is C18H25FN2O3. The first-order valence-corrected chi connectivity index (χ1v) is 8.27. The number of amides is 1. The average Bonchev–Trinajstić information content (AvgIpc) is 2.61. The molecule has 1 atom stereocenters. The highest BCUT2D eigenvalue weighted by Gasteiger charge is 2.29. The molecule has 1 saturated heterocycles. The molecule has 0 radical (unpaired) electrons. The standard InChI is InChI=1S/C18H25FN2O3/c1-12-4-5-14(10-16(12)19)11-20-17(22)15-6-8-21(9-7-15)13(2)18(23)24-3/h4-5,10,13,15H,6-9,11H2,1-3H3,(H,20,22)/t13-/m1/s1. The van der Waals surface area contributed by atoms with Crippen LogP contribution in [0.1, 0.15) is 30.9 Å². The number of esters is 1. The number of benzene rings is 1. The van der Waals surface area contributed by atoms with Crippen LogP contribution in [0.4, 0.5) is 4.39 Å². The van der Waals surface area contributed by atoms with Gasteiger partial charge in [0.15, 0.2) is 0 Å². The van der Waals surface area contributed by atoms with E-state index in [4.69, 9.17) is 4.74 Å². The summed E-state index contributed by atoms with van der Waals surface area (Å²) >= 11 is 0. The Bertz CT molecular complexity index is 598. The van der Waals surface area contributed by atoms with Crippen LogP contribution in [0.5, 0.6) is 0 Å². The monoisotopic (exact) mass is 336 g/mol. The molecule has 0 aliphatic carbocycles. The minimum Gasteiger partial charge on any atom is -0.468 e. The van der Waals surface area contributed by atoms with Gasteiger partial charge in [-0.25, -0.2) is 4.39 Å². The number of aryl methyl sites for hydroxylation is 1. The summed E-state index contributed by atoms with van der Waals surface area (Å²) in [5.74, 6) is -0.589. The van der Waals surface area contributed by atoms with Crippen molar-refractivity contribution in [3.63, 3.8) is 0 Å². The summed E-state index contributed by atoms with van der Waals surface area (Å²) in [6.07, 6.45) is 1.41. The molecule has 1 aliphatic heterocycles. The molecule has 1 heterocycles. The van der Waals surface area contributed by atoms with Crippen LogP contribution in [0.2, 0.25) is 0 Å². The lowest BCUT2D eigenvalue weighted by molar-refractivity contribution is -0.147. The molecule has 5 nitrogen and oxygen atoms in total. The predicted molar refractivity (Wildman–Crippen MR) is 88.8 cm³/mol. The van der Waals surface area contributed by atoms with E-state index in [0.29, 0.717) is 38.0 Å². The van der Waals surface area contributed by atoms with Gasteiger partial charge in [0, 0.05) is 12.5 Å². The van der Waals surface area contributed by atoms with Crippen molar-refractivity contribution < 1.29 is 18.7 Å². The highest BCUT2D eigenvalue weighted by Crippen LogP contribution is 2.20. The van der Waals surface area contributed by atoms with E-state index in [2.05, 4.69) is 5.32 Å². The van der Waals surface area contributed by atoms with Gasteiger partial charge in [0.25, 0.3) is 0 Å². The number of rotatable bonds is 5. The van der Waals surface area contributed by atoms with Crippen LogP contribution >= 0.6 is 0 Å². The van der Waals surface area contributed by atoms with Crippen molar-refractivity contribution >= 4 is 11.9 Å². The molecule has 0 saturated carbocycles. The van der Waals surface area contributed by atoms with Crippen molar-refractivity contribution in [3.05, 3.63) is 35.1 Å². The molecule has 1 amide bonds. The lowest BCUT2D eigenvalue weighted by Gasteiger charge is -2.34. The summed E-state index contributed by atoms with van der Waals surface area (Å²) in [6.45, 7) is 5.23. The molecule has 1 aromatic carbocycles. The van der Waals surface area contributed by atoms with E-state index in [1.807, 2.05) is 17.9 Å². The summed E-state index contributed by atoms with van der Waals surface area (Å²) in [5, 5.41) is 2.88. The highest BCUT2D eigenvalue weighted by molar-refractivity contribution is 5.79. The number of carbonyl (C=O) groups excluding carboxylic acids is 2. The number of nitrogens with zero attached hydrogens (tertiary/aromatic N) is 1. The summed E-state index contributed by atoms with van der Waals surface area (Å²) < 4.78 is 18.3. The Morgan fingerprint density at radius 3 is 2.62 bits per heavy atom. The molecule has 0 unspecified atom stereocenters. The lowest BCUT2D eigenvalue weighted by Crippen LogP contribution is -2.46. The fraction of sp³-hybridized carbons (Fsp3) is 0.556. The van der Waals surface area contributed by atoms with Gasteiger partial charge in [0.1, 0.15) is 11.9 Å². The zero-order chi connectivity index (χ0) is 17.7. The van der Waals surface area contributed by atoms with Gasteiger partial charge in [-0.1, -0.05) is 12.1 Å². The lowest BCUT2D eigenvalue weighted by atomic mass is 9.95. The number of hydrogen-bond donors (Lipinski definition) is 1. The molecule has 1 aliphatic rings. The Labute approximate surface area is 142 Å². The van der Waals surface area contributed by atoms with Crippen molar-refractivity contribution in [2.75, 3.05) is 20.2 Å². The third-order valence-corrected chi connectivity index (χ3v) is 4.69. The first kappa shape index (κ1) is 18.4. The van der Waals surface area contributed by atoms with E-state index in [-0.39, 0.29) is 29.7 Å². The molecule has 0 aromatic heterocycles. The molecular weight excluding hydrogens is 311 g/mol. The van der Waals surface area contributed by atoms with Crippen LogP contribution < -0.4 is 5.32 Å². The predicted octanol–water partition coefficient (Wildman–Crippen LogP) is 2.02. The topological polar surface area (TPSA) is 58.6 Å². The summed E-state index contributed by atoms with van der Waals surface area (Å²) in [5.41, 5.74) is 1.35. The normalized spacial score (nSPS) is 17.3. The molecule has 24 heavy (non-hydrogen) atoms. The van der Waals surface area contributed by atoms with Crippen LogP contribution in [0, 0.1) is 18.7 Å². The number of piperidine rings is 1. The summed E-state index contributed by atoms with van der Waals surface area (Å²) in [7, 11) is 1.38. The van der Waals surface area contributed by atoms with Crippen molar-refractivity contribution in [2.24, 2.45) is 5.92 Å². The molecule has 0 spiro atoms. The van der Waals surface area contributed by atoms with Gasteiger partial charge in [-0.2, -0.15) is 0 Å². The highest BCUT2D eigenvalue weighted by atomic mass is 19.1. The summed E-state index contributed by atoms with van der Waals surface area (Å²) in [6, 6.07) is 4.70. The van der Waals surface area contributed by atoms with E-state index < -0.39 is 0 Å².